The van der Waals surface area contributed by atoms with Gasteiger partial charge in [0.05, 0.1) is 10.2 Å². The Kier molecular flexibility index (Phi) is 2.50. The van der Waals surface area contributed by atoms with Crippen molar-refractivity contribution in [1.82, 2.24) is 4.98 Å². The summed E-state index contributed by atoms with van der Waals surface area (Å²) in [5, 5.41) is 5.22. The summed E-state index contributed by atoms with van der Waals surface area (Å²) in [4.78, 5) is 4.68. The van der Waals surface area contributed by atoms with Crippen LogP contribution in [0.4, 0.5) is 5.69 Å². The normalized spacial score (nSPS) is 13.5. The Balaban J connectivity index is 1.85. The number of nitrogens with zero attached hydrogens (tertiary/aromatic N) is 1. The van der Waals surface area contributed by atoms with Crippen LogP contribution in [0.2, 0.25) is 5.02 Å². The summed E-state index contributed by atoms with van der Waals surface area (Å²) in [6.07, 6.45) is 1.12. The van der Waals surface area contributed by atoms with Crippen molar-refractivity contribution in [2.45, 2.75) is 6.42 Å². The molecule has 0 spiro atoms. The highest BCUT2D eigenvalue weighted by atomic mass is 35.5. The summed E-state index contributed by atoms with van der Waals surface area (Å²) in [5.41, 5.74) is 4.83. The summed E-state index contributed by atoms with van der Waals surface area (Å²) >= 11 is 7.71. The van der Waals surface area contributed by atoms with Gasteiger partial charge in [0.1, 0.15) is 5.01 Å². The minimum absolute atomic E-state index is 0.762. The van der Waals surface area contributed by atoms with Gasteiger partial charge in [0.2, 0.25) is 0 Å². The summed E-state index contributed by atoms with van der Waals surface area (Å²) < 4.78 is 1.14. The number of benzene rings is 2. The van der Waals surface area contributed by atoms with Crippen LogP contribution in [-0.4, -0.2) is 11.5 Å². The summed E-state index contributed by atoms with van der Waals surface area (Å²) in [5.74, 6) is 0. The average molecular weight is 287 g/mol. The second-order valence-electron chi connectivity index (χ2n) is 4.68. The lowest BCUT2D eigenvalue weighted by Crippen LogP contribution is -1.90. The molecule has 3 aromatic rings. The lowest BCUT2D eigenvalue weighted by Gasteiger charge is -2.01. The predicted octanol–water partition coefficient (Wildman–Crippen LogP) is 4.58. The van der Waals surface area contributed by atoms with E-state index in [1.165, 1.54) is 16.8 Å². The molecule has 0 saturated heterocycles. The molecular formula is C15H11ClN2S. The SMILES string of the molecule is Clc1ccc2nc(-c3ccc4c(c3)NCC4)sc2c1. The molecular weight excluding hydrogens is 276 g/mol. The molecule has 0 amide bonds. The van der Waals surface area contributed by atoms with Crippen molar-refractivity contribution < 1.29 is 0 Å². The number of anilines is 1. The van der Waals surface area contributed by atoms with E-state index in [0.29, 0.717) is 0 Å². The molecule has 4 heteroatoms. The van der Waals surface area contributed by atoms with Crippen LogP contribution in [-0.2, 0) is 6.42 Å². The van der Waals surface area contributed by atoms with Crippen LogP contribution in [0.5, 0.6) is 0 Å². The fourth-order valence-electron chi connectivity index (χ4n) is 2.45. The minimum Gasteiger partial charge on any atom is -0.384 e. The third-order valence-electron chi connectivity index (χ3n) is 3.42. The summed E-state index contributed by atoms with van der Waals surface area (Å²) in [6.45, 7) is 1.04. The van der Waals surface area contributed by atoms with Crippen molar-refractivity contribution in [3.63, 3.8) is 0 Å². The standard InChI is InChI=1S/C15H11ClN2S/c16-11-3-4-12-14(8-11)19-15(18-12)10-2-1-9-5-6-17-13(9)7-10/h1-4,7-8,17H,5-6H2. The van der Waals surface area contributed by atoms with Crippen LogP contribution in [0.25, 0.3) is 20.8 Å². The van der Waals surface area contributed by atoms with Gasteiger partial charge in [-0.15, -0.1) is 11.3 Å². The Bertz CT molecular complexity index is 779. The first-order valence-corrected chi connectivity index (χ1v) is 7.42. The number of hydrogen-bond acceptors (Lipinski definition) is 3. The second kappa shape index (κ2) is 4.22. The number of halogens is 1. The highest BCUT2D eigenvalue weighted by molar-refractivity contribution is 7.21. The first-order valence-electron chi connectivity index (χ1n) is 6.23. The Morgan fingerprint density at radius 1 is 1.16 bits per heavy atom. The number of hydrogen-bond donors (Lipinski definition) is 1. The van der Waals surface area contributed by atoms with Gasteiger partial charge in [-0.2, -0.15) is 0 Å². The fourth-order valence-corrected chi connectivity index (χ4v) is 3.68. The zero-order chi connectivity index (χ0) is 12.8. The van der Waals surface area contributed by atoms with E-state index in [4.69, 9.17) is 11.6 Å². The van der Waals surface area contributed by atoms with Crippen LogP contribution < -0.4 is 5.32 Å². The third kappa shape index (κ3) is 1.90. The molecule has 1 aromatic heterocycles. The van der Waals surface area contributed by atoms with Crippen LogP contribution >= 0.6 is 22.9 Å². The largest absolute Gasteiger partial charge is 0.384 e. The van der Waals surface area contributed by atoms with E-state index in [-0.39, 0.29) is 0 Å². The molecule has 2 nitrogen and oxygen atoms in total. The number of fused-ring (bicyclic) bond motifs is 2. The van der Waals surface area contributed by atoms with Gasteiger partial charge in [0, 0.05) is 22.8 Å². The maximum Gasteiger partial charge on any atom is 0.124 e. The van der Waals surface area contributed by atoms with Crippen molar-refractivity contribution in [3.05, 3.63) is 47.0 Å². The van der Waals surface area contributed by atoms with E-state index in [1.807, 2.05) is 18.2 Å². The molecule has 94 valence electrons. The van der Waals surface area contributed by atoms with Gasteiger partial charge >= 0.3 is 0 Å². The van der Waals surface area contributed by atoms with Gasteiger partial charge in [-0.25, -0.2) is 4.98 Å². The first-order chi connectivity index (χ1) is 9.29. The molecule has 2 heterocycles. The molecule has 1 aliphatic rings. The molecule has 0 saturated carbocycles. The van der Waals surface area contributed by atoms with Crippen molar-refractivity contribution in [3.8, 4) is 10.6 Å². The zero-order valence-electron chi connectivity index (χ0n) is 10.1. The summed E-state index contributed by atoms with van der Waals surface area (Å²) in [7, 11) is 0. The second-order valence-corrected chi connectivity index (χ2v) is 6.15. The molecule has 0 unspecified atom stereocenters. The van der Waals surface area contributed by atoms with Gasteiger partial charge in [-0.1, -0.05) is 23.7 Å². The van der Waals surface area contributed by atoms with Gasteiger partial charge < -0.3 is 5.32 Å². The van der Waals surface area contributed by atoms with E-state index >= 15 is 0 Å². The molecule has 4 rings (SSSR count). The van der Waals surface area contributed by atoms with E-state index in [9.17, 15) is 0 Å². The molecule has 19 heavy (non-hydrogen) atoms. The topological polar surface area (TPSA) is 24.9 Å². The smallest absolute Gasteiger partial charge is 0.124 e. The number of thiazole rings is 1. The Morgan fingerprint density at radius 2 is 2.11 bits per heavy atom. The lowest BCUT2D eigenvalue weighted by molar-refractivity contribution is 1.11. The molecule has 0 atom stereocenters. The van der Waals surface area contributed by atoms with Crippen LogP contribution in [0.15, 0.2) is 36.4 Å². The van der Waals surface area contributed by atoms with Crippen molar-refractivity contribution in [2.24, 2.45) is 0 Å². The Morgan fingerprint density at radius 3 is 3.05 bits per heavy atom. The predicted molar refractivity (Wildman–Crippen MR) is 82.3 cm³/mol. The molecule has 2 aromatic carbocycles. The van der Waals surface area contributed by atoms with Crippen molar-refractivity contribution in [2.75, 3.05) is 11.9 Å². The van der Waals surface area contributed by atoms with Crippen LogP contribution in [0.3, 0.4) is 0 Å². The van der Waals surface area contributed by atoms with E-state index in [1.54, 1.807) is 11.3 Å². The van der Waals surface area contributed by atoms with Gasteiger partial charge in [0.15, 0.2) is 0 Å². The number of nitrogens with one attached hydrogen (secondary N) is 1. The first kappa shape index (κ1) is 11.3. The molecule has 1 aliphatic heterocycles. The molecule has 1 N–H and O–H groups in total. The Hall–Kier alpha value is -1.58. The molecule has 0 radical (unpaired) electrons. The van der Waals surface area contributed by atoms with Crippen LogP contribution in [0.1, 0.15) is 5.56 Å². The lowest BCUT2D eigenvalue weighted by atomic mass is 10.1. The van der Waals surface area contributed by atoms with Gasteiger partial charge in [-0.05, 0) is 36.2 Å². The minimum atomic E-state index is 0.762. The number of rotatable bonds is 1. The average Bonchev–Trinajstić information content (AvgIpc) is 3.02. The quantitative estimate of drug-likeness (QED) is 0.708. The fraction of sp³-hybridized carbons (Fsp3) is 0.133. The molecule has 0 aliphatic carbocycles. The maximum atomic E-state index is 6.02. The van der Waals surface area contributed by atoms with Gasteiger partial charge in [-0.3, -0.25) is 0 Å². The zero-order valence-corrected chi connectivity index (χ0v) is 11.7. The Labute approximate surface area is 120 Å². The van der Waals surface area contributed by atoms with E-state index in [0.717, 1.165) is 33.2 Å². The monoisotopic (exact) mass is 286 g/mol. The van der Waals surface area contributed by atoms with Crippen molar-refractivity contribution in [1.29, 1.82) is 0 Å². The third-order valence-corrected chi connectivity index (χ3v) is 4.72. The van der Waals surface area contributed by atoms with Gasteiger partial charge in [0.25, 0.3) is 0 Å². The highest BCUT2D eigenvalue weighted by Crippen LogP contribution is 2.34. The highest BCUT2D eigenvalue weighted by Gasteiger charge is 2.12. The van der Waals surface area contributed by atoms with E-state index < -0.39 is 0 Å². The molecule has 0 fully saturated rings. The van der Waals surface area contributed by atoms with E-state index in [2.05, 4.69) is 28.5 Å². The molecule has 0 bridgehead atoms. The van der Waals surface area contributed by atoms with Crippen LogP contribution in [0, 0.1) is 0 Å². The maximum absolute atomic E-state index is 6.02. The number of aromatic nitrogens is 1. The summed E-state index contributed by atoms with van der Waals surface area (Å²) in [6, 6.07) is 12.4. The van der Waals surface area contributed by atoms with Crippen molar-refractivity contribution >= 4 is 38.8 Å².